The Morgan fingerprint density at radius 2 is 0.634 bits per heavy atom. The lowest BCUT2D eigenvalue weighted by molar-refractivity contribution is -0.220. The van der Waals surface area contributed by atoms with Gasteiger partial charge in [-0.3, -0.25) is 18.6 Å². The van der Waals surface area contributed by atoms with Crippen LogP contribution in [0.2, 0.25) is 0 Å². The summed E-state index contributed by atoms with van der Waals surface area (Å²) in [6.07, 6.45) is 40.1. The fraction of sp³-hybridized carbons (Fsp3) is 0.965. The van der Waals surface area contributed by atoms with Crippen LogP contribution in [-0.2, 0) is 32.7 Å². The number of aliphatic hydroxyl groups is 5. The lowest BCUT2D eigenvalue weighted by Crippen LogP contribution is -2.64. The summed E-state index contributed by atoms with van der Waals surface area (Å²) in [7, 11) is -5.12. The van der Waals surface area contributed by atoms with Crippen molar-refractivity contribution in [2.45, 2.75) is 339 Å². The number of esters is 2. The summed E-state index contributed by atoms with van der Waals surface area (Å²) in [4.78, 5) is 36.0. The minimum absolute atomic E-state index is 0.106. The van der Waals surface area contributed by atoms with Gasteiger partial charge < -0.3 is 39.9 Å². The van der Waals surface area contributed by atoms with Gasteiger partial charge in [-0.25, -0.2) is 4.57 Å². The Bertz CT molecular complexity index is 1240. The lowest BCUT2D eigenvalue weighted by atomic mass is 9.85. The van der Waals surface area contributed by atoms with Crippen molar-refractivity contribution in [3.63, 3.8) is 0 Å². The topological polar surface area (TPSA) is 210 Å². The average Bonchev–Trinajstić information content (AvgIpc) is 3.35. The standard InChI is InChI=1S/C57H111O13P/c1-3-5-7-9-11-13-15-17-19-21-23-25-26-28-30-32-34-36-38-40-42-44-46-51(59)69-49(48-68-71(65,66)70-57-55(63)53(61)52(60)54(62)56(57)64)47-67-50(58)45-43-41-39-37-35-33-31-29-27-24-22-20-18-16-14-12-10-8-6-4-2/h49,52-57,60-64H,3-48H2,1-2H3,(H,65,66)/t49-,52?,53-,54?,55?,56?,57?/m1/s1. The summed E-state index contributed by atoms with van der Waals surface area (Å²) in [5.74, 6) is -1.07. The highest BCUT2D eigenvalue weighted by atomic mass is 31.2. The molecular weight excluding hydrogens is 924 g/mol. The van der Waals surface area contributed by atoms with Crippen molar-refractivity contribution in [1.29, 1.82) is 0 Å². The summed E-state index contributed by atoms with van der Waals surface area (Å²) < 4.78 is 33.8. The molecule has 71 heavy (non-hydrogen) atoms. The zero-order chi connectivity index (χ0) is 52.1. The maximum absolute atomic E-state index is 12.9. The number of carbonyl (C=O) groups is 2. The number of phosphoric ester groups is 1. The van der Waals surface area contributed by atoms with E-state index in [1.54, 1.807) is 0 Å². The number of rotatable bonds is 52. The predicted molar refractivity (Wildman–Crippen MR) is 286 cm³/mol. The molecule has 0 aromatic carbocycles. The Kier molecular flexibility index (Phi) is 45.2. The van der Waals surface area contributed by atoms with Gasteiger partial charge in [0, 0.05) is 12.8 Å². The van der Waals surface area contributed by atoms with Crippen molar-refractivity contribution in [2.24, 2.45) is 0 Å². The first-order valence-electron chi connectivity index (χ1n) is 29.8. The molecule has 8 atom stereocenters. The maximum Gasteiger partial charge on any atom is 0.472 e. The van der Waals surface area contributed by atoms with Gasteiger partial charge in [-0.05, 0) is 12.8 Å². The van der Waals surface area contributed by atoms with Crippen LogP contribution in [0.3, 0.4) is 0 Å². The van der Waals surface area contributed by atoms with Crippen LogP contribution in [-0.4, -0.2) is 98.3 Å². The molecule has 0 aromatic rings. The van der Waals surface area contributed by atoms with E-state index in [1.807, 2.05) is 0 Å². The van der Waals surface area contributed by atoms with Crippen molar-refractivity contribution < 1.29 is 63.1 Å². The lowest BCUT2D eigenvalue weighted by Gasteiger charge is -2.41. The molecule has 1 fully saturated rings. The van der Waals surface area contributed by atoms with Crippen LogP contribution in [0, 0.1) is 0 Å². The zero-order valence-corrected chi connectivity index (χ0v) is 46.5. The van der Waals surface area contributed by atoms with Crippen molar-refractivity contribution in [1.82, 2.24) is 0 Å². The van der Waals surface area contributed by atoms with Gasteiger partial charge in [0.1, 0.15) is 43.2 Å². The zero-order valence-electron chi connectivity index (χ0n) is 45.6. The highest BCUT2D eigenvalue weighted by Crippen LogP contribution is 2.47. The Balaban J connectivity index is 2.30. The molecule has 0 aromatic heterocycles. The number of hydrogen-bond acceptors (Lipinski definition) is 12. The first-order chi connectivity index (χ1) is 34.4. The van der Waals surface area contributed by atoms with E-state index >= 15 is 0 Å². The van der Waals surface area contributed by atoms with Crippen molar-refractivity contribution in [2.75, 3.05) is 13.2 Å². The summed E-state index contributed by atoms with van der Waals surface area (Å²) in [6, 6.07) is 0. The number of phosphoric acid groups is 1. The fourth-order valence-electron chi connectivity index (χ4n) is 9.70. The van der Waals surface area contributed by atoms with E-state index in [4.69, 9.17) is 18.5 Å². The average molecular weight is 1040 g/mol. The first kappa shape index (κ1) is 67.9. The molecular formula is C57H111O13P. The second kappa shape index (κ2) is 47.3. The van der Waals surface area contributed by atoms with Gasteiger partial charge in [0.2, 0.25) is 0 Å². The van der Waals surface area contributed by atoms with E-state index < -0.39 is 75.7 Å². The Labute approximate surface area is 433 Å². The Morgan fingerprint density at radius 3 is 0.930 bits per heavy atom. The summed E-state index contributed by atoms with van der Waals surface area (Å²) in [5.41, 5.74) is 0. The van der Waals surface area contributed by atoms with E-state index in [0.717, 1.165) is 38.5 Å². The number of aliphatic hydroxyl groups excluding tert-OH is 5. The van der Waals surface area contributed by atoms with Crippen LogP contribution in [0.5, 0.6) is 0 Å². The molecule has 0 bridgehead atoms. The molecule has 0 heterocycles. The molecule has 422 valence electrons. The van der Waals surface area contributed by atoms with Crippen LogP contribution in [0.1, 0.15) is 296 Å². The quantitative estimate of drug-likeness (QED) is 0.0191. The van der Waals surface area contributed by atoms with E-state index in [9.17, 15) is 44.6 Å². The number of ether oxygens (including phenoxy) is 2. The summed E-state index contributed by atoms with van der Waals surface area (Å²) >= 11 is 0. The molecule has 1 rings (SSSR count). The molecule has 0 saturated heterocycles. The van der Waals surface area contributed by atoms with Crippen LogP contribution in [0.25, 0.3) is 0 Å². The largest absolute Gasteiger partial charge is 0.472 e. The molecule has 1 saturated carbocycles. The molecule has 6 unspecified atom stereocenters. The van der Waals surface area contributed by atoms with Crippen LogP contribution >= 0.6 is 7.82 Å². The maximum atomic E-state index is 12.9. The minimum atomic E-state index is -5.12. The van der Waals surface area contributed by atoms with Crippen LogP contribution in [0.4, 0.5) is 0 Å². The molecule has 13 nitrogen and oxygen atoms in total. The van der Waals surface area contributed by atoms with Gasteiger partial charge in [-0.1, -0.05) is 271 Å². The minimum Gasteiger partial charge on any atom is -0.462 e. The molecule has 0 spiro atoms. The van der Waals surface area contributed by atoms with Crippen LogP contribution in [0.15, 0.2) is 0 Å². The SMILES string of the molecule is CCCCCCCCCCCCCCCCCCCCCCCCC(=O)O[C@H](COC(=O)CCCCCCCCCCCCCCCCCCCCCC)COP(=O)(O)OC1C(O)C(O)C(O)[C@@H](O)C1O. The highest BCUT2D eigenvalue weighted by molar-refractivity contribution is 7.47. The van der Waals surface area contributed by atoms with Gasteiger partial charge >= 0.3 is 19.8 Å². The Hall–Kier alpha value is -1.15. The van der Waals surface area contributed by atoms with Gasteiger partial charge in [-0.15, -0.1) is 0 Å². The van der Waals surface area contributed by atoms with E-state index in [-0.39, 0.29) is 12.8 Å². The van der Waals surface area contributed by atoms with Crippen LogP contribution < -0.4 is 0 Å². The smallest absolute Gasteiger partial charge is 0.462 e. The predicted octanol–water partition coefficient (Wildman–Crippen LogP) is 14.0. The molecule has 0 radical (unpaired) electrons. The van der Waals surface area contributed by atoms with Crippen molar-refractivity contribution in [3.05, 3.63) is 0 Å². The second-order valence-electron chi connectivity index (χ2n) is 21.2. The fourth-order valence-corrected chi connectivity index (χ4v) is 10.7. The third kappa shape index (κ3) is 39.0. The monoisotopic (exact) mass is 1030 g/mol. The van der Waals surface area contributed by atoms with Gasteiger partial charge in [0.15, 0.2) is 6.10 Å². The Morgan fingerprint density at radius 1 is 0.380 bits per heavy atom. The number of hydrogen-bond donors (Lipinski definition) is 6. The van der Waals surface area contributed by atoms with Crippen molar-refractivity contribution in [3.8, 4) is 0 Å². The normalized spacial score (nSPS) is 20.5. The second-order valence-corrected chi connectivity index (χ2v) is 22.6. The molecule has 6 N–H and O–H groups in total. The van der Waals surface area contributed by atoms with Crippen molar-refractivity contribution >= 4 is 19.8 Å². The number of unbranched alkanes of at least 4 members (excludes halogenated alkanes) is 40. The number of carbonyl (C=O) groups excluding carboxylic acids is 2. The van der Waals surface area contributed by atoms with E-state index in [2.05, 4.69) is 13.8 Å². The van der Waals surface area contributed by atoms with Gasteiger partial charge in [0.25, 0.3) is 0 Å². The van der Waals surface area contributed by atoms with E-state index in [0.29, 0.717) is 12.8 Å². The molecule has 0 amide bonds. The summed E-state index contributed by atoms with van der Waals surface area (Å²) in [6.45, 7) is 3.38. The third-order valence-corrected chi connectivity index (χ3v) is 15.4. The first-order valence-corrected chi connectivity index (χ1v) is 31.3. The molecule has 14 heteroatoms. The molecule has 1 aliphatic rings. The van der Waals surface area contributed by atoms with Gasteiger partial charge in [-0.2, -0.15) is 0 Å². The molecule has 1 aliphatic carbocycles. The van der Waals surface area contributed by atoms with E-state index in [1.165, 1.54) is 218 Å². The highest BCUT2D eigenvalue weighted by Gasteiger charge is 2.51. The summed E-state index contributed by atoms with van der Waals surface area (Å²) in [5, 5.41) is 50.4. The molecule has 0 aliphatic heterocycles. The van der Waals surface area contributed by atoms with Gasteiger partial charge in [0.05, 0.1) is 6.61 Å². The third-order valence-electron chi connectivity index (χ3n) is 14.4.